The number of anilines is 1. The van der Waals surface area contributed by atoms with E-state index in [1.165, 1.54) is 11.3 Å². The highest BCUT2D eigenvalue weighted by Crippen LogP contribution is 2.34. The number of aryl methyl sites for hydroxylation is 2. The third kappa shape index (κ3) is 2.64. The Bertz CT molecular complexity index is 743. The van der Waals surface area contributed by atoms with E-state index in [9.17, 15) is 4.79 Å². The summed E-state index contributed by atoms with van der Waals surface area (Å²) < 4.78 is 1.13. The van der Waals surface area contributed by atoms with E-state index < -0.39 is 0 Å². The van der Waals surface area contributed by atoms with E-state index in [0.29, 0.717) is 0 Å². The monoisotopic (exact) mass is 392 g/mol. The molecule has 1 aromatic heterocycles. The summed E-state index contributed by atoms with van der Waals surface area (Å²) in [4.78, 5) is 15.6. The minimum absolute atomic E-state index is 0.0262. The SMILES string of the molecule is CCc1cc(CC)c(C=C2C(=O)Nc3ccc(I)cc32)[nH]1. The van der Waals surface area contributed by atoms with Crippen molar-refractivity contribution in [1.82, 2.24) is 4.98 Å². The van der Waals surface area contributed by atoms with Crippen molar-refractivity contribution in [2.75, 3.05) is 5.32 Å². The quantitative estimate of drug-likeness (QED) is 0.596. The Hall–Kier alpha value is -1.56. The maximum absolute atomic E-state index is 12.2. The summed E-state index contributed by atoms with van der Waals surface area (Å²) in [7, 11) is 0. The Labute approximate surface area is 138 Å². The van der Waals surface area contributed by atoms with Crippen molar-refractivity contribution in [3.8, 4) is 0 Å². The summed E-state index contributed by atoms with van der Waals surface area (Å²) in [5.41, 5.74) is 6.13. The van der Waals surface area contributed by atoms with E-state index >= 15 is 0 Å². The Morgan fingerprint density at radius 2 is 2.00 bits per heavy atom. The van der Waals surface area contributed by atoms with Crippen molar-refractivity contribution >= 4 is 45.8 Å². The van der Waals surface area contributed by atoms with Crippen LogP contribution < -0.4 is 5.32 Å². The number of nitrogens with one attached hydrogen (secondary N) is 2. The molecule has 0 fully saturated rings. The molecular formula is C17H17IN2O. The number of rotatable bonds is 3. The van der Waals surface area contributed by atoms with E-state index in [-0.39, 0.29) is 5.91 Å². The van der Waals surface area contributed by atoms with Gasteiger partial charge in [-0.25, -0.2) is 0 Å². The van der Waals surface area contributed by atoms with Crippen LogP contribution in [0.3, 0.4) is 0 Å². The molecule has 2 aromatic rings. The number of carbonyl (C=O) groups is 1. The first kappa shape index (κ1) is 14.4. The predicted molar refractivity (Wildman–Crippen MR) is 95.2 cm³/mol. The van der Waals surface area contributed by atoms with Crippen LogP contribution in [0.1, 0.15) is 36.4 Å². The molecule has 0 atom stereocenters. The zero-order valence-electron chi connectivity index (χ0n) is 12.1. The Kier molecular flexibility index (Phi) is 3.89. The highest BCUT2D eigenvalue weighted by molar-refractivity contribution is 14.1. The van der Waals surface area contributed by atoms with Crippen LogP contribution in [-0.2, 0) is 17.6 Å². The van der Waals surface area contributed by atoms with E-state index in [1.54, 1.807) is 0 Å². The molecule has 1 aliphatic heterocycles. The molecule has 3 nitrogen and oxygen atoms in total. The van der Waals surface area contributed by atoms with Gasteiger partial charge in [0.05, 0.1) is 5.57 Å². The molecule has 0 bridgehead atoms. The van der Waals surface area contributed by atoms with Gasteiger partial charge < -0.3 is 10.3 Å². The molecule has 4 heteroatoms. The largest absolute Gasteiger partial charge is 0.359 e. The smallest absolute Gasteiger partial charge is 0.256 e. The normalized spacial score (nSPS) is 15.4. The molecule has 0 saturated carbocycles. The number of benzene rings is 1. The Morgan fingerprint density at radius 1 is 1.19 bits per heavy atom. The molecule has 2 N–H and O–H groups in total. The standard InChI is InChI=1S/C17H17IN2O/c1-3-10-7-12(4-2)19-16(10)9-14-13-8-11(18)5-6-15(13)20-17(14)21/h5-9,19H,3-4H2,1-2H3,(H,20,21). The first-order valence-electron chi connectivity index (χ1n) is 7.16. The van der Waals surface area contributed by atoms with Gasteiger partial charge in [-0.1, -0.05) is 13.8 Å². The lowest BCUT2D eigenvalue weighted by Crippen LogP contribution is -2.03. The number of amides is 1. The molecule has 1 aromatic carbocycles. The van der Waals surface area contributed by atoms with Gasteiger partial charge in [0.1, 0.15) is 0 Å². The van der Waals surface area contributed by atoms with Crippen molar-refractivity contribution < 1.29 is 4.79 Å². The molecule has 0 aliphatic carbocycles. The second-order valence-electron chi connectivity index (χ2n) is 5.14. The highest BCUT2D eigenvalue weighted by Gasteiger charge is 2.24. The minimum Gasteiger partial charge on any atom is -0.359 e. The van der Waals surface area contributed by atoms with Crippen molar-refractivity contribution in [2.24, 2.45) is 0 Å². The van der Waals surface area contributed by atoms with Crippen LogP contribution >= 0.6 is 22.6 Å². The zero-order chi connectivity index (χ0) is 15.0. The fourth-order valence-corrected chi connectivity index (χ4v) is 3.13. The molecule has 0 radical (unpaired) electrons. The average molecular weight is 392 g/mol. The van der Waals surface area contributed by atoms with Gasteiger partial charge in [-0.3, -0.25) is 4.79 Å². The summed E-state index contributed by atoms with van der Waals surface area (Å²) >= 11 is 2.27. The highest BCUT2D eigenvalue weighted by atomic mass is 127. The summed E-state index contributed by atoms with van der Waals surface area (Å²) in [6.45, 7) is 4.26. The molecule has 3 rings (SSSR count). The fourth-order valence-electron chi connectivity index (χ4n) is 2.64. The van der Waals surface area contributed by atoms with Crippen LogP contribution in [0.25, 0.3) is 11.6 Å². The molecule has 0 spiro atoms. The number of hydrogen-bond donors (Lipinski definition) is 2. The zero-order valence-corrected chi connectivity index (χ0v) is 14.2. The van der Waals surface area contributed by atoms with E-state index in [2.05, 4.69) is 58.9 Å². The van der Waals surface area contributed by atoms with Crippen molar-refractivity contribution in [3.05, 3.63) is 50.4 Å². The van der Waals surface area contributed by atoms with Gasteiger partial charge in [-0.2, -0.15) is 0 Å². The lowest BCUT2D eigenvalue weighted by Gasteiger charge is -2.00. The number of H-pyrrole nitrogens is 1. The fraction of sp³-hybridized carbons (Fsp3) is 0.235. The second kappa shape index (κ2) is 5.67. The molecule has 2 heterocycles. The summed E-state index contributed by atoms with van der Waals surface area (Å²) in [6, 6.07) is 8.20. The van der Waals surface area contributed by atoms with Crippen LogP contribution in [0.2, 0.25) is 0 Å². The third-order valence-electron chi connectivity index (χ3n) is 3.80. The van der Waals surface area contributed by atoms with Gasteiger partial charge in [0, 0.05) is 26.2 Å². The van der Waals surface area contributed by atoms with E-state index in [1.807, 2.05) is 18.2 Å². The maximum Gasteiger partial charge on any atom is 0.256 e. The molecule has 21 heavy (non-hydrogen) atoms. The van der Waals surface area contributed by atoms with Gasteiger partial charge in [0.25, 0.3) is 5.91 Å². The van der Waals surface area contributed by atoms with Gasteiger partial charge >= 0.3 is 0 Å². The number of aromatic amines is 1. The first-order valence-corrected chi connectivity index (χ1v) is 8.24. The summed E-state index contributed by atoms with van der Waals surface area (Å²) in [5, 5.41) is 2.93. The lowest BCUT2D eigenvalue weighted by molar-refractivity contribution is -0.110. The van der Waals surface area contributed by atoms with Crippen LogP contribution in [0, 0.1) is 3.57 Å². The third-order valence-corrected chi connectivity index (χ3v) is 4.48. The molecular weight excluding hydrogens is 375 g/mol. The van der Waals surface area contributed by atoms with Gasteiger partial charge in [-0.05, 0) is 71.3 Å². The van der Waals surface area contributed by atoms with Crippen LogP contribution in [0.15, 0.2) is 24.3 Å². The second-order valence-corrected chi connectivity index (χ2v) is 6.39. The number of hydrogen-bond acceptors (Lipinski definition) is 1. The number of carbonyl (C=O) groups excluding carboxylic acids is 1. The van der Waals surface area contributed by atoms with Gasteiger partial charge in [-0.15, -0.1) is 0 Å². The molecule has 0 unspecified atom stereocenters. The van der Waals surface area contributed by atoms with Crippen molar-refractivity contribution in [3.63, 3.8) is 0 Å². The van der Waals surface area contributed by atoms with E-state index in [4.69, 9.17) is 0 Å². The van der Waals surface area contributed by atoms with Crippen LogP contribution in [-0.4, -0.2) is 10.9 Å². The van der Waals surface area contributed by atoms with Gasteiger partial charge in [0.2, 0.25) is 0 Å². The van der Waals surface area contributed by atoms with Crippen molar-refractivity contribution in [1.29, 1.82) is 0 Å². The van der Waals surface area contributed by atoms with Crippen molar-refractivity contribution in [2.45, 2.75) is 26.7 Å². The van der Waals surface area contributed by atoms with Crippen LogP contribution in [0.5, 0.6) is 0 Å². The summed E-state index contributed by atoms with van der Waals surface area (Å²) in [6.07, 6.45) is 3.91. The molecule has 108 valence electrons. The number of halogens is 1. The molecule has 1 aliphatic rings. The molecule has 0 saturated heterocycles. The molecule has 1 amide bonds. The lowest BCUT2D eigenvalue weighted by atomic mass is 10.0. The summed E-state index contributed by atoms with van der Waals surface area (Å²) in [5.74, 6) is -0.0262. The van der Waals surface area contributed by atoms with Crippen LogP contribution in [0.4, 0.5) is 5.69 Å². The number of aromatic nitrogens is 1. The minimum atomic E-state index is -0.0262. The van der Waals surface area contributed by atoms with E-state index in [0.717, 1.165) is 38.9 Å². The van der Waals surface area contributed by atoms with Gasteiger partial charge in [0.15, 0.2) is 0 Å². The Balaban J connectivity index is 2.10. The average Bonchev–Trinajstić information content (AvgIpc) is 3.01. The predicted octanol–water partition coefficient (Wildman–Crippen LogP) is 4.24. The Morgan fingerprint density at radius 3 is 2.71 bits per heavy atom. The first-order chi connectivity index (χ1) is 10.1. The maximum atomic E-state index is 12.2. The topological polar surface area (TPSA) is 44.9 Å². The number of fused-ring (bicyclic) bond motifs is 1.